The van der Waals surface area contributed by atoms with E-state index in [1.165, 1.54) is 24.0 Å². The number of ether oxygens (including phenoxy) is 2. The Kier molecular flexibility index (Phi) is 10.9. The summed E-state index contributed by atoms with van der Waals surface area (Å²) in [5.74, 6) is -0.117. The van der Waals surface area contributed by atoms with E-state index in [4.69, 9.17) is 32.7 Å². The van der Waals surface area contributed by atoms with Crippen LogP contribution in [-0.2, 0) is 31.0 Å². The Bertz CT molecular complexity index is 1920. The number of nitrogens with zero attached hydrogens (tertiary/aromatic N) is 4. The molecule has 1 aromatic heterocycles. The standard InChI is InChI=1S/C35H43Cl2N5O7S/c1-22-20-23(2)38-31-25(22)8-7-9-28(31)48-21-26-27(36)10-11-29(30(26)37)50(46,47)39-35(12-14-40(15-13-35)24(3)43)32(44)41-16-18-42(19-17-41)33(45)49-34(4,5)6/h7-11,20,39H,12-19,21H2,1-6H3. The fourth-order valence-corrected chi connectivity index (χ4v) is 8.64. The Morgan fingerprint density at radius 3 is 2.20 bits per heavy atom. The van der Waals surface area contributed by atoms with E-state index in [2.05, 4.69) is 9.71 Å². The number of carbonyl (C=O) groups is 3. The zero-order valence-electron chi connectivity index (χ0n) is 29.1. The zero-order chi connectivity index (χ0) is 36.6. The van der Waals surface area contributed by atoms with E-state index >= 15 is 0 Å². The average Bonchev–Trinajstić information content (AvgIpc) is 3.03. The maximum atomic E-state index is 14.3. The number of piperidine rings is 1. The molecule has 3 aromatic rings. The molecule has 3 amide bonds. The van der Waals surface area contributed by atoms with Crippen LogP contribution < -0.4 is 9.46 Å². The monoisotopic (exact) mass is 747 g/mol. The summed E-state index contributed by atoms with van der Waals surface area (Å²) in [5.41, 5.74) is 0.536. The third-order valence-corrected chi connectivity index (χ3v) is 11.4. The van der Waals surface area contributed by atoms with Gasteiger partial charge < -0.3 is 24.2 Å². The molecule has 2 aliphatic rings. The van der Waals surface area contributed by atoms with Gasteiger partial charge in [-0.25, -0.2) is 18.2 Å². The van der Waals surface area contributed by atoms with Crippen molar-refractivity contribution in [3.8, 4) is 5.75 Å². The van der Waals surface area contributed by atoms with Crippen LogP contribution in [0, 0.1) is 13.8 Å². The number of pyridine rings is 1. The predicted octanol–water partition coefficient (Wildman–Crippen LogP) is 5.48. The smallest absolute Gasteiger partial charge is 0.410 e. The summed E-state index contributed by atoms with van der Waals surface area (Å²) >= 11 is 13.3. The molecule has 3 heterocycles. The topological polar surface area (TPSA) is 138 Å². The second-order valence-corrected chi connectivity index (χ2v) is 16.2. The van der Waals surface area contributed by atoms with Crippen LogP contribution in [0.2, 0.25) is 10.0 Å². The lowest BCUT2D eigenvalue weighted by Crippen LogP contribution is -2.66. The first-order chi connectivity index (χ1) is 23.4. The van der Waals surface area contributed by atoms with Crippen LogP contribution in [0.4, 0.5) is 4.79 Å². The van der Waals surface area contributed by atoms with Crippen LogP contribution in [0.5, 0.6) is 5.75 Å². The fraction of sp³-hybridized carbons (Fsp3) is 0.486. The Hall–Kier alpha value is -3.65. The second-order valence-electron chi connectivity index (χ2n) is 13.8. The molecule has 15 heteroatoms. The maximum absolute atomic E-state index is 14.3. The van der Waals surface area contributed by atoms with Crippen molar-refractivity contribution in [3.05, 3.63) is 63.3 Å². The van der Waals surface area contributed by atoms with Gasteiger partial charge in [0, 0.05) is 67.9 Å². The van der Waals surface area contributed by atoms with Gasteiger partial charge in [0.2, 0.25) is 21.8 Å². The molecule has 0 bridgehead atoms. The Morgan fingerprint density at radius 1 is 0.940 bits per heavy atom. The Balaban J connectivity index is 1.40. The van der Waals surface area contributed by atoms with E-state index in [9.17, 15) is 22.8 Å². The molecular formula is C35H43Cl2N5O7S. The van der Waals surface area contributed by atoms with Gasteiger partial charge in [-0.2, -0.15) is 4.72 Å². The molecule has 2 saturated heterocycles. The number of nitrogens with one attached hydrogen (secondary N) is 1. The van der Waals surface area contributed by atoms with Crippen LogP contribution >= 0.6 is 23.2 Å². The number of piperazine rings is 1. The zero-order valence-corrected chi connectivity index (χ0v) is 31.5. The predicted molar refractivity (Wildman–Crippen MR) is 191 cm³/mol. The molecule has 1 N–H and O–H groups in total. The SMILES string of the molecule is CC(=O)N1CCC(NS(=O)(=O)c2ccc(Cl)c(COc3cccc4c(C)cc(C)nc34)c2Cl)(C(=O)N2CCN(C(=O)OC(C)(C)C)CC2)CC1. The number of benzene rings is 2. The van der Waals surface area contributed by atoms with Gasteiger partial charge >= 0.3 is 6.09 Å². The summed E-state index contributed by atoms with van der Waals surface area (Å²) < 4.78 is 42.7. The number of para-hydroxylation sites is 1. The van der Waals surface area contributed by atoms with Crippen molar-refractivity contribution >= 4 is 62.0 Å². The lowest BCUT2D eigenvalue weighted by molar-refractivity contribution is -0.144. The molecule has 0 saturated carbocycles. The van der Waals surface area contributed by atoms with E-state index in [0.717, 1.165) is 16.6 Å². The van der Waals surface area contributed by atoms with E-state index in [1.54, 1.807) is 36.6 Å². The Morgan fingerprint density at radius 2 is 1.58 bits per heavy atom. The van der Waals surface area contributed by atoms with Gasteiger partial charge in [-0.05, 0) is 77.3 Å². The third-order valence-electron chi connectivity index (χ3n) is 8.97. The van der Waals surface area contributed by atoms with Crippen molar-refractivity contribution in [3.63, 3.8) is 0 Å². The van der Waals surface area contributed by atoms with Crippen molar-refractivity contribution in [1.29, 1.82) is 0 Å². The van der Waals surface area contributed by atoms with Crippen molar-refractivity contribution < 1.29 is 32.3 Å². The number of aromatic nitrogens is 1. The van der Waals surface area contributed by atoms with Crippen LogP contribution in [0.25, 0.3) is 10.9 Å². The van der Waals surface area contributed by atoms with Gasteiger partial charge in [0.25, 0.3) is 0 Å². The lowest BCUT2D eigenvalue weighted by Gasteiger charge is -2.45. The largest absolute Gasteiger partial charge is 0.487 e. The minimum atomic E-state index is -4.43. The number of hydrogen-bond acceptors (Lipinski definition) is 8. The minimum absolute atomic E-state index is 0.0466. The average molecular weight is 749 g/mol. The highest BCUT2D eigenvalue weighted by molar-refractivity contribution is 7.89. The minimum Gasteiger partial charge on any atom is -0.487 e. The summed E-state index contributed by atoms with van der Waals surface area (Å²) in [5, 5.41) is 0.987. The summed E-state index contributed by atoms with van der Waals surface area (Å²) in [4.78, 5) is 48.1. The number of halogens is 2. The van der Waals surface area contributed by atoms with Gasteiger partial charge in [0.1, 0.15) is 33.9 Å². The number of sulfonamides is 1. The second kappa shape index (κ2) is 14.5. The van der Waals surface area contributed by atoms with Crippen LogP contribution in [0.1, 0.15) is 57.4 Å². The highest BCUT2D eigenvalue weighted by Crippen LogP contribution is 2.36. The van der Waals surface area contributed by atoms with Crippen LogP contribution in [0.3, 0.4) is 0 Å². The molecule has 0 unspecified atom stereocenters. The molecule has 12 nitrogen and oxygen atoms in total. The van der Waals surface area contributed by atoms with E-state index in [1.807, 2.05) is 32.0 Å². The molecule has 2 aliphatic heterocycles. The number of likely N-dealkylation sites (tertiary alicyclic amines) is 1. The summed E-state index contributed by atoms with van der Waals surface area (Å²) in [7, 11) is -4.43. The van der Waals surface area contributed by atoms with Gasteiger partial charge in [-0.15, -0.1) is 0 Å². The van der Waals surface area contributed by atoms with Crippen LogP contribution in [-0.4, -0.2) is 96.4 Å². The fourth-order valence-electron chi connectivity index (χ4n) is 6.33. The van der Waals surface area contributed by atoms with E-state index < -0.39 is 33.2 Å². The molecule has 0 spiro atoms. The van der Waals surface area contributed by atoms with Crippen molar-refractivity contribution in [2.45, 2.75) is 77.0 Å². The normalized spacial score (nSPS) is 16.8. The molecule has 0 radical (unpaired) electrons. The number of carbonyl (C=O) groups excluding carboxylic acids is 3. The quantitative estimate of drug-likeness (QED) is 0.336. The number of fused-ring (bicyclic) bond motifs is 1. The maximum Gasteiger partial charge on any atom is 0.410 e. The van der Waals surface area contributed by atoms with Crippen molar-refractivity contribution in [2.75, 3.05) is 39.3 Å². The molecular weight excluding hydrogens is 705 g/mol. The first-order valence-electron chi connectivity index (χ1n) is 16.4. The van der Waals surface area contributed by atoms with Crippen molar-refractivity contribution in [1.82, 2.24) is 24.4 Å². The molecule has 270 valence electrons. The number of hydrogen-bond donors (Lipinski definition) is 1. The summed E-state index contributed by atoms with van der Waals surface area (Å²) in [6, 6.07) is 10.3. The first-order valence-corrected chi connectivity index (χ1v) is 18.7. The lowest BCUT2D eigenvalue weighted by atomic mass is 9.86. The van der Waals surface area contributed by atoms with Crippen LogP contribution in [0.15, 0.2) is 41.3 Å². The molecule has 2 aromatic carbocycles. The molecule has 0 atom stereocenters. The van der Waals surface area contributed by atoms with Gasteiger partial charge in [0.15, 0.2) is 0 Å². The molecule has 2 fully saturated rings. The summed E-state index contributed by atoms with van der Waals surface area (Å²) in [6.45, 7) is 11.7. The molecule has 5 rings (SSSR count). The molecule has 50 heavy (non-hydrogen) atoms. The number of amides is 3. The highest BCUT2D eigenvalue weighted by atomic mass is 35.5. The highest BCUT2D eigenvalue weighted by Gasteiger charge is 2.48. The first kappa shape index (κ1) is 37.6. The van der Waals surface area contributed by atoms with E-state index in [-0.39, 0.29) is 85.1 Å². The van der Waals surface area contributed by atoms with Crippen molar-refractivity contribution in [2.24, 2.45) is 0 Å². The van der Waals surface area contributed by atoms with Gasteiger partial charge in [0.05, 0.1) is 5.02 Å². The number of rotatable bonds is 7. The van der Waals surface area contributed by atoms with Gasteiger partial charge in [-0.1, -0.05) is 35.3 Å². The van der Waals surface area contributed by atoms with E-state index in [0.29, 0.717) is 11.3 Å². The summed E-state index contributed by atoms with van der Waals surface area (Å²) in [6.07, 6.45) is -0.385. The number of aryl methyl sites for hydroxylation is 2. The Labute approximate surface area is 303 Å². The van der Waals surface area contributed by atoms with Gasteiger partial charge in [-0.3, -0.25) is 9.59 Å². The third kappa shape index (κ3) is 8.11. The molecule has 0 aliphatic carbocycles.